The Morgan fingerprint density at radius 3 is 2.42 bits per heavy atom. The van der Waals surface area contributed by atoms with E-state index >= 15 is 0 Å². The summed E-state index contributed by atoms with van der Waals surface area (Å²) in [5.74, 6) is -2.81. The molecule has 0 amide bonds. The van der Waals surface area contributed by atoms with Crippen LogP contribution >= 0.6 is 11.6 Å². The van der Waals surface area contributed by atoms with Crippen molar-refractivity contribution in [2.75, 3.05) is 32.6 Å². The number of benzene rings is 1. The molecule has 2 aromatic heterocycles. The second-order valence-electron chi connectivity index (χ2n) is 6.92. The van der Waals surface area contributed by atoms with Crippen LogP contribution < -0.4 is 10.1 Å². The van der Waals surface area contributed by atoms with Gasteiger partial charge < -0.3 is 15.0 Å². The standard InChI is InChI=1S/C18H18ClF5N6O/c1-9(18(22,23)24)27-16-14(15(19)28-17-25-8-26-30(16)17)13-11(20)6-10(7-12(13)21)31-5-4-29(2)3/h6-9,27H,4-5H2,1-3H3/t9-/m1/s1. The van der Waals surface area contributed by atoms with Crippen LogP contribution in [0.25, 0.3) is 16.9 Å². The maximum absolute atomic E-state index is 14.9. The summed E-state index contributed by atoms with van der Waals surface area (Å²) in [7, 11) is 3.61. The van der Waals surface area contributed by atoms with Crippen LogP contribution in [0, 0.1) is 11.6 Å². The lowest BCUT2D eigenvalue weighted by atomic mass is 10.1. The number of halogens is 6. The number of alkyl halides is 3. The number of hydrogen-bond acceptors (Lipinski definition) is 6. The number of fused-ring (bicyclic) bond motifs is 1. The lowest BCUT2D eigenvalue weighted by Gasteiger charge is -2.22. The van der Waals surface area contributed by atoms with Gasteiger partial charge in [-0.15, -0.1) is 0 Å². The Balaban J connectivity index is 2.12. The smallest absolute Gasteiger partial charge is 0.408 e. The van der Waals surface area contributed by atoms with Gasteiger partial charge in [0.05, 0.1) is 11.1 Å². The van der Waals surface area contributed by atoms with Crippen molar-refractivity contribution >= 4 is 23.2 Å². The van der Waals surface area contributed by atoms with Crippen LogP contribution in [-0.4, -0.2) is 63.9 Å². The minimum absolute atomic E-state index is 0.0790. The van der Waals surface area contributed by atoms with Gasteiger partial charge in [0.2, 0.25) is 0 Å². The molecule has 0 unspecified atom stereocenters. The van der Waals surface area contributed by atoms with E-state index in [2.05, 4.69) is 20.4 Å². The predicted octanol–water partition coefficient (Wildman–Crippen LogP) is 4.03. The molecular weight excluding hydrogens is 447 g/mol. The summed E-state index contributed by atoms with van der Waals surface area (Å²) in [6, 6.07) is -0.239. The molecule has 13 heteroatoms. The first-order valence-electron chi connectivity index (χ1n) is 8.98. The molecular formula is C18H18ClF5N6O. The maximum atomic E-state index is 14.9. The molecule has 0 spiro atoms. The summed E-state index contributed by atoms with van der Waals surface area (Å²) >= 11 is 6.12. The molecule has 0 aliphatic rings. The van der Waals surface area contributed by atoms with Crippen molar-refractivity contribution in [1.82, 2.24) is 24.5 Å². The third-order valence-electron chi connectivity index (χ3n) is 4.30. The molecule has 3 rings (SSSR count). The Morgan fingerprint density at radius 2 is 1.84 bits per heavy atom. The molecule has 1 aromatic carbocycles. The van der Waals surface area contributed by atoms with Crippen molar-refractivity contribution in [1.29, 1.82) is 0 Å². The lowest BCUT2D eigenvalue weighted by Crippen LogP contribution is -2.34. The molecule has 3 aromatic rings. The average Bonchev–Trinajstić information content (AvgIpc) is 3.10. The van der Waals surface area contributed by atoms with Gasteiger partial charge in [-0.3, -0.25) is 0 Å². The number of ether oxygens (including phenoxy) is 1. The van der Waals surface area contributed by atoms with E-state index in [1.165, 1.54) is 0 Å². The van der Waals surface area contributed by atoms with Crippen LogP contribution in [0.4, 0.5) is 27.8 Å². The molecule has 0 saturated carbocycles. The summed E-state index contributed by atoms with van der Waals surface area (Å²) in [5.41, 5.74) is -1.10. The number of hydrogen-bond donors (Lipinski definition) is 1. The van der Waals surface area contributed by atoms with Crippen molar-refractivity contribution in [2.45, 2.75) is 19.1 Å². The molecule has 0 saturated heterocycles. The molecule has 0 fully saturated rings. The van der Waals surface area contributed by atoms with Gasteiger partial charge in [-0.1, -0.05) is 11.6 Å². The molecule has 1 N–H and O–H groups in total. The fourth-order valence-corrected chi connectivity index (χ4v) is 2.94. The fourth-order valence-electron chi connectivity index (χ4n) is 2.68. The number of likely N-dealkylation sites (N-methyl/N-ethyl adjacent to an activating group) is 1. The molecule has 0 aliphatic heterocycles. The van der Waals surface area contributed by atoms with Gasteiger partial charge in [-0.25, -0.2) is 8.78 Å². The van der Waals surface area contributed by atoms with Crippen LogP contribution in [0.3, 0.4) is 0 Å². The summed E-state index contributed by atoms with van der Waals surface area (Å²) in [5, 5.41) is 5.52. The summed E-state index contributed by atoms with van der Waals surface area (Å²) in [4.78, 5) is 9.47. The minimum Gasteiger partial charge on any atom is -0.492 e. The molecule has 2 heterocycles. The van der Waals surface area contributed by atoms with Crippen molar-refractivity contribution in [3.63, 3.8) is 0 Å². The van der Waals surface area contributed by atoms with E-state index in [4.69, 9.17) is 16.3 Å². The third kappa shape index (κ3) is 4.96. The zero-order chi connectivity index (χ0) is 22.9. The van der Waals surface area contributed by atoms with Crippen LogP contribution in [0.5, 0.6) is 5.75 Å². The van der Waals surface area contributed by atoms with E-state index in [1.807, 2.05) is 4.90 Å². The van der Waals surface area contributed by atoms with Gasteiger partial charge in [0.25, 0.3) is 5.78 Å². The number of nitrogens with one attached hydrogen (secondary N) is 1. The van der Waals surface area contributed by atoms with Crippen molar-refractivity contribution in [3.05, 3.63) is 35.2 Å². The van der Waals surface area contributed by atoms with Gasteiger partial charge in [0, 0.05) is 18.7 Å². The minimum atomic E-state index is -4.65. The van der Waals surface area contributed by atoms with Gasteiger partial charge >= 0.3 is 6.18 Å². The highest BCUT2D eigenvalue weighted by Crippen LogP contribution is 2.39. The van der Waals surface area contributed by atoms with Crippen LogP contribution in [0.15, 0.2) is 18.5 Å². The third-order valence-corrected chi connectivity index (χ3v) is 4.57. The zero-order valence-electron chi connectivity index (χ0n) is 16.6. The summed E-state index contributed by atoms with van der Waals surface area (Å²) in [6.45, 7) is 1.52. The van der Waals surface area contributed by atoms with Crippen molar-refractivity contribution in [2.24, 2.45) is 0 Å². The van der Waals surface area contributed by atoms with E-state index in [0.717, 1.165) is 29.9 Å². The van der Waals surface area contributed by atoms with Gasteiger partial charge in [0.1, 0.15) is 47.3 Å². The number of nitrogens with zero attached hydrogens (tertiary/aromatic N) is 5. The van der Waals surface area contributed by atoms with E-state index in [1.54, 1.807) is 14.1 Å². The highest BCUT2D eigenvalue weighted by molar-refractivity contribution is 6.33. The second-order valence-corrected chi connectivity index (χ2v) is 7.28. The monoisotopic (exact) mass is 464 g/mol. The Bertz CT molecular complexity index is 1060. The molecule has 168 valence electrons. The number of rotatable bonds is 7. The van der Waals surface area contributed by atoms with Crippen LogP contribution in [-0.2, 0) is 0 Å². The van der Waals surface area contributed by atoms with Crippen LogP contribution in [0.1, 0.15) is 6.92 Å². The second kappa shape index (κ2) is 8.79. The van der Waals surface area contributed by atoms with E-state index < -0.39 is 46.0 Å². The first-order valence-corrected chi connectivity index (χ1v) is 9.36. The molecule has 0 bridgehead atoms. The van der Waals surface area contributed by atoms with Crippen molar-refractivity contribution in [3.8, 4) is 16.9 Å². The normalized spacial score (nSPS) is 13.1. The predicted molar refractivity (Wildman–Crippen MR) is 104 cm³/mol. The Hall–Kier alpha value is -2.73. The average molecular weight is 465 g/mol. The van der Waals surface area contributed by atoms with Crippen LogP contribution in [0.2, 0.25) is 5.15 Å². The summed E-state index contributed by atoms with van der Waals surface area (Å²) in [6.07, 6.45) is -3.62. The first-order chi connectivity index (χ1) is 14.5. The molecule has 0 aliphatic carbocycles. The van der Waals surface area contributed by atoms with Gasteiger partial charge in [-0.2, -0.15) is 32.8 Å². The molecule has 31 heavy (non-hydrogen) atoms. The molecule has 1 atom stereocenters. The first kappa shape index (κ1) is 22.9. The number of aromatic nitrogens is 4. The Labute approximate surface area is 178 Å². The Kier molecular flexibility index (Phi) is 6.51. The van der Waals surface area contributed by atoms with Crippen molar-refractivity contribution < 1.29 is 26.7 Å². The van der Waals surface area contributed by atoms with E-state index in [0.29, 0.717) is 6.54 Å². The SMILES string of the molecule is C[C@@H](Nc1c(-c2c(F)cc(OCCN(C)C)cc2F)c(Cl)nc2ncnn12)C(F)(F)F. The van der Waals surface area contributed by atoms with E-state index in [-0.39, 0.29) is 18.1 Å². The fraction of sp³-hybridized carbons (Fsp3) is 0.389. The maximum Gasteiger partial charge on any atom is 0.408 e. The number of anilines is 1. The highest BCUT2D eigenvalue weighted by Gasteiger charge is 2.37. The molecule has 0 radical (unpaired) electrons. The molecule has 7 nitrogen and oxygen atoms in total. The van der Waals surface area contributed by atoms with Gasteiger partial charge in [0.15, 0.2) is 0 Å². The zero-order valence-corrected chi connectivity index (χ0v) is 17.4. The summed E-state index contributed by atoms with van der Waals surface area (Å²) < 4.78 is 75.6. The van der Waals surface area contributed by atoms with Gasteiger partial charge in [-0.05, 0) is 21.0 Å². The topological polar surface area (TPSA) is 67.6 Å². The lowest BCUT2D eigenvalue weighted by molar-refractivity contribution is -0.138. The van der Waals surface area contributed by atoms with E-state index in [9.17, 15) is 22.0 Å². The quantitative estimate of drug-likeness (QED) is 0.421. The largest absolute Gasteiger partial charge is 0.492 e. The highest BCUT2D eigenvalue weighted by atomic mass is 35.5. The Morgan fingerprint density at radius 1 is 1.19 bits per heavy atom.